The summed E-state index contributed by atoms with van der Waals surface area (Å²) < 4.78 is 1.80. The second-order valence-corrected chi connectivity index (χ2v) is 4.73. The van der Waals surface area contributed by atoms with Gasteiger partial charge in [-0.25, -0.2) is 4.68 Å². The van der Waals surface area contributed by atoms with Crippen molar-refractivity contribution in [2.24, 2.45) is 5.92 Å². The third kappa shape index (κ3) is 2.79. The number of hydrogen-bond donors (Lipinski definition) is 1. The Kier molecular flexibility index (Phi) is 4.15. The molecule has 0 spiro atoms. The van der Waals surface area contributed by atoms with Gasteiger partial charge in [0.2, 0.25) is 0 Å². The molecule has 0 aliphatic carbocycles. The van der Waals surface area contributed by atoms with Crippen molar-refractivity contribution in [3.63, 3.8) is 0 Å². The highest BCUT2D eigenvalue weighted by atomic mass is 16.3. The lowest BCUT2D eigenvalue weighted by atomic mass is 9.97. The second-order valence-electron chi connectivity index (χ2n) is 4.73. The molecule has 0 radical (unpaired) electrons. The molecule has 1 N–H and O–H groups in total. The molecular formula is C15H20N2O. The minimum Gasteiger partial charge on any atom is -0.386 e. The maximum Gasteiger partial charge on any atom is 0.100 e. The summed E-state index contributed by atoms with van der Waals surface area (Å²) in [5.74, 6) is 0.245. The molecule has 2 unspecified atom stereocenters. The van der Waals surface area contributed by atoms with Gasteiger partial charge >= 0.3 is 0 Å². The van der Waals surface area contributed by atoms with Crippen LogP contribution in [0, 0.1) is 5.92 Å². The minimum absolute atomic E-state index is 0.245. The van der Waals surface area contributed by atoms with Crippen LogP contribution >= 0.6 is 0 Å². The van der Waals surface area contributed by atoms with E-state index in [4.69, 9.17) is 0 Å². The van der Waals surface area contributed by atoms with Gasteiger partial charge in [-0.2, -0.15) is 5.10 Å². The normalized spacial score (nSPS) is 14.4. The van der Waals surface area contributed by atoms with Crippen molar-refractivity contribution in [1.82, 2.24) is 9.78 Å². The van der Waals surface area contributed by atoms with Gasteiger partial charge in [-0.05, 0) is 30.5 Å². The molecule has 0 fully saturated rings. The lowest BCUT2D eigenvalue weighted by Crippen LogP contribution is -2.10. The first-order chi connectivity index (χ1) is 8.72. The van der Waals surface area contributed by atoms with Crippen LogP contribution in [0.4, 0.5) is 0 Å². The van der Waals surface area contributed by atoms with Crippen LogP contribution in [-0.4, -0.2) is 14.9 Å². The highest BCUT2D eigenvalue weighted by molar-refractivity contribution is 5.30. The zero-order chi connectivity index (χ0) is 13.0. The average Bonchev–Trinajstić information content (AvgIpc) is 2.89. The molecule has 3 heteroatoms. The van der Waals surface area contributed by atoms with E-state index in [1.54, 1.807) is 4.68 Å². The molecule has 0 aliphatic rings. The Morgan fingerprint density at radius 2 is 1.94 bits per heavy atom. The Hall–Kier alpha value is -1.61. The smallest absolute Gasteiger partial charge is 0.100 e. The Morgan fingerprint density at radius 3 is 2.61 bits per heavy atom. The maximum atomic E-state index is 10.2. The van der Waals surface area contributed by atoms with E-state index in [0.29, 0.717) is 0 Å². The first-order valence-electron chi connectivity index (χ1n) is 6.51. The minimum atomic E-state index is -0.477. The van der Waals surface area contributed by atoms with Crippen molar-refractivity contribution in [1.29, 1.82) is 0 Å². The van der Waals surface area contributed by atoms with Crippen molar-refractivity contribution in [3.8, 4) is 5.69 Å². The molecular weight excluding hydrogens is 224 g/mol. The van der Waals surface area contributed by atoms with E-state index in [1.165, 1.54) is 0 Å². The third-order valence-electron chi connectivity index (χ3n) is 3.22. The SMILES string of the molecule is CCCC(C)C(O)c1ccn(-c2ccccc2)n1. The van der Waals surface area contributed by atoms with Crippen LogP contribution in [0.15, 0.2) is 42.6 Å². The zero-order valence-corrected chi connectivity index (χ0v) is 11.0. The van der Waals surface area contributed by atoms with Gasteiger partial charge in [0.15, 0.2) is 0 Å². The molecule has 2 atom stereocenters. The van der Waals surface area contributed by atoms with E-state index in [1.807, 2.05) is 42.6 Å². The number of aromatic nitrogens is 2. The number of aliphatic hydroxyl groups excluding tert-OH is 1. The first kappa shape index (κ1) is 12.8. The summed E-state index contributed by atoms with van der Waals surface area (Å²) in [5.41, 5.74) is 1.76. The summed E-state index contributed by atoms with van der Waals surface area (Å²) in [4.78, 5) is 0. The molecule has 3 nitrogen and oxygen atoms in total. The van der Waals surface area contributed by atoms with Crippen LogP contribution in [0.2, 0.25) is 0 Å². The standard InChI is InChI=1S/C15H20N2O/c1-3-7-12(2)15(18)14-10-11-17(16-14)13-8-5-4-6-9-13/h4-6,8-12,15,18H,3,7H2,1-2H3. The third-order valence-corrected chi connectivity index (χ3v) is 3.22. The summed E-state index contributed by atoms with van der Waals surface area (Å²) in [6.45, 7) is 4.20. The molecule has 0 aliphatic heterocycles. The number of para-hydroxylation sites is 1. The molecule has 2 rings (SSSR count). The molecule has 0 saturated heterocycles. The number of nitrogens with zero attached hydrogens (tertiary/aromatic N) is 2. The van der Waals surface area contributed by atoms with Crippen molar-refractivity contribution >= 4 is 0 Å². The highest BCUT2D eigenvalue weighted by Crippen LogP contribution is 2.24. The van der Waals surface area contributed by atoms with Crippen LogP contribution in [-0.2, 0) is 0 Å². The van der Waals surface area contributed by atoms with Crippen molar-refractivity contribution in [2.45, 2.75) is 32.8 Å². The van der Waals surface area contributed by atoms with E-state index in [2.05, 4.69) is 18.9 Å². The summed E-state index contributed by atoms with van der Waals surface area (Å²) in [7, 11) is 0. The van der Waals surface area contributed by atoms with Crippen LogP contribution in [0.25, 0.3) is 5.69 Å². The molecule has 0 amide bonds. The van der Waals surface area contributed by atoms with Gasteiger partial charge in [-0.1, -0.05) is 38.5 Å². The molecule has 1 aromatic heterocycles. The highest BCUT2D eigenvalue weighted by Gasteiger charge is 2.18. The molecule has 0 saturated carbocycles. The maximum absolute atomic E-state index is 10.2. The molecule has 96 valence electrons. The second kappa shape index (κ2) is 5.83. The van der Waals surface area contributed by atoms with E-state index < -0.39 is 6.10 Å². The number of rotatable bonds is 5. The van der Waals surface area contributed by atoms with E-state index in [0.717, 1.165) is 24.2 Å². The predicted octanol–water partition coefficient (Wildman–Crippen LogP) is 3.34. The monoisotopic (exact) mass is 244 g/mol. The van der Waals surface area contributed by atoms with Gasteiger partial charge in [-0.15, -0.1) is 0 Å². The number of benzene rings is 1. The van der Waals surface area contributed by atoms with Gasteiger partial charge in [0.1, 0.15) is 6.10 Å². The molecule has 1 heterocycles. The molecule has 2 aromatic rings. The van der Waals surface area contributed by atoms with Crippen LogP contribution in [0.3, 0.4) is 0 Å². The van der Waals surface area contributed by atoms with Crippen LogP contribution < -0.4 is 0 Å². The Bertz CT molecular complexity index is 478. The largest absolute Gasteiger partial charge is 0.386 e. The lowest BCUT2D eigenvalue weighted by Gasteiger charge is -2.15. The zero-order valence-electron chi connectivity index (χ0n) is 11.0. The van der Waals surface area contributed by atoms with Gasteiger partial charge in [0.25, 0.3) is 0 Å². The van der Waals surface area contributed by atoms with Gasteiger partial charge in [0, 0.05) is 6.20 Å². The van der Waals surface area contributed by atoms with Gasteiger partial charge in [0.05, 0.1) is 11.4 Å². The van der Waals surface area contributed by atoms with E-state index >= 15 is 0 Å². The Morgan fingerprint density at radius 1 is 1.22 bits per heavy atom. The fourth-order valence-electron chi connectivity index (χ4n) is 2.13. The Labute approximate surface area is 108 Å². The quantitative estimate of drug-likeness (QED) is 0.876. The van der Waals surface area contributed by atoms with Crippen molar-refractivity contribution in [3.05, 3.63) is 48.3 Å². The molecule has 1 aromatic carbocycles. The lowest BCUT2D eigenvalue weighted by molar-refractivity contribution is 0.108. The number of hydrogen-bond acceptors (Lipinski definition) is 2. The number of aliphatic hydroxyl groups is 1. The van der Waals surface area contributed by atoms with Gasteiger partial charge < -0.3 is 5.11 Å². The van der Waals surface area contributed by atoms with Crippen LogP contribution in [0.1, 0.15) is 38.5 Å². The average molecular weight is 244 g/mol. The molecule has 18 heavy (non-hydrogen) atoms. The fourth-order valence-corrected chi connectivity index (χ4v) is 2.13. The summed E-state index contributed by atoms with van der Waals surface area (Å²) in [5, 5.41) is 14.7. The van der Waals surface area contributed by atoms with Crippen molar-refractivity contribution in [2.75, 3.05) is 0 Å². The summed E-state index contributed by atoms with van der Waals surface area (Å²) in [6, 6.07) is 11.8. The summed E-state index contributed by atoms with van der Waals surface area (Å²) >= 11 is 0. The van der Waals surface area contributed by atoms with Crippen molar-refractivity contribution < 1.29 is 5.11 Å². The van der Waals surface area contributed by atoms with Crippen LogP contribution in [0.5, 0.6) is 0 Å². The Balaban J connectivity index is 2.15. The topological polar surface area (TPSA) is 38.0 Å². The fraction of sp³-hybridized carbons (Fsp3) is 0.400. The van der Waals surface area contributed by atoms with E-state index in [9.17, 15) is 5.11 Å². The van der Waals surface area contributed by atoms with E-state index in [-0.39, 0.29) is 5.92 Å². The summed E-state index contributed by atoms with van der Waals surface area (Å²) in [6.07, 6.45) is 3.51. The predicted molar refractivity (Wildman–Crippen MR) is 72.6 cm³/mol. The van der Waals surface area contributed by atoms with Gasteiger partial charge in [-0.3, -0.25) is 0 Å². The first-order valence-corrected chi connectivity index (χ1v) is 6.51. The molecule has 0 bridgehead atoms.